The van der Waals surface area contributed by atoms with Gasteiger partial charge in [-0.2, -0.15) is 0 Å². The molecule has 0 spiro atoms. The molecule has 6 nitrogen and oxygen atoms in total. The Morgan fingerprint density at radius 3 is 2.54 bits per heavy atom. The van der Waals surface area contributed by atoms with Crippen LogP contribution in [-0.4, -0.2) is 36.7 Å². The number of benzene rings is 1. The van der Waals surface area contributed by atoms with Gasteiger partial charge in [-0.05, 0) is 25.3 Å². The first-order valence-electron chi connectivity index (χ1n) is 8.72. The van der Waals surface area contributed by atoms with Gasteiger partial charge in [0.25, 0.3) is 5.91 Å². The highest BCUT2D eigenvalue weighted by Crippen LogP contribution is 2.34. The van der Waals surface area contributed by atoms with Gasteiger partial charge in [-0.25, -0.2) is 0 Å². The van der Waals surface area contributed by atoms with E-state index in [0.717, 1.165) is 12.8 Å². The molecule has 1 aromatic carbocycles. The second-order valence-corrected chi connectivity index (χ2v) is 6.73. The number of carbonyl (C=O) groups is 2. The summed E-state index contributed by atoms with van der Waals surface area (Å²) in [6.07, 6.45) is 2.76. The van der Waals surface area contributed by atoms with Crippen molar-refractivity contribution in [3.63, 3.8) is 0 Å². The summed E-state index contributed by atoms with van der Waals surface area (Å²) in [7, 11) is 0. The number of carbonyl (C=O) groups excluding carboxylic acids is 1. The Morgan fingerprint density at radius 2 is 1.88 bits per heavy atom. The molecule has 0 aliphatic carbocycles. The maximum Gasteiger partial charge on any atom is 0.311 e. The van der Waals surface area contributed by atoms with Gasteiger partial charge in [-0.1, -0.05) is 30.3 Å². The Balaban J connectivity index is 1.79. The molecule has 2 aromatic rings. The first-order valence-corrected chi connectivity index (χ1v) is 8.72. The zero-order valence-electron chi connectivity index (χ0n) is 14.8. The molecular formula is C20H23NO5. The van der Waals surface area contributed by atoms with Crippen molar-refractivity contribution in [2.45, 2.75) is 31.6 Å². The Hall–Kier alpha value is -2.60. The Bertz CT molecular complexity index is 775. The Kier molecular flexibility index (Phi) is 5.42. The van der Waals surface area contributed by atoms with Crippen LogP contribution in [-0.2, 0) is 21.4 Å². The van der Waals surface area contributed by atoms with Gasteiger partial charge in [0, 0.05) is 30.7 Å². The molecule has 1 amide bonds. The number of hydrogen-bond donors (Lipinski definition) is 2. The van der Waals surface area contributed by atoms with Crippen LogP contribution in [0, 0.1) is 6.92 Å². The quantitative estimate of drug-likeness (QED) is 0.830. The number of rotatable bonds is 6. The number of furan rings is 1. The van der Waals surface area contributed by atoms with Crippen molar-refractivity contribution in [2.75, 3.05) is 19.8 Å². The van der Waals surface area contributed by atoms with Gasteiger partial charge in [0.15, 0.2) is 0 Å². The van der Waals surface area contributed by atoms with Gasteiger partial charge >= 0.3 is 5.97 Å². The van der Waals surface area contributed by atoms with E-state index in [1.165, 1.54) is 11.8 Å². The molecule has 2 N–H and O–H groups in total. The predicted octanol–water partition coefficient (Wildman–Crippen LogP) is 2.69. The van der Waals surface area contributed by atoms with Gasteiger partial charge in [0.1, 0.15) is 12.2 Å². The van der Waals surface area contributed by atoms with E-state index in [1.54, 1.807) is 6.92 Å². The summed E-state index contributed by atoms with van der Waals surface area (Å²) in [5, 5.41) is 12.0. The molecule has 3 rings (SSSR count). The molecule has 1 aliphatic heterocycles. The standard InChI is InChI=1S/C20H23NO5/c1-14-12-26-16(11-17(22)23)18(14)19(24)21-13-20(7-9-25-10-8-20)15-5-3-2-4-6-15/h2-6,12H,7-11,13H2,1H3,(H,21,24)(H,22,23). The lowest BCUT2D eigenvalue weighted by molar-refractivity contribution is -0.136. The SMILES string of the molecule is Cc1coc(CC(=O)O)c1C(=O)NCC1(c2ccccc2)CCOCC1. The fraction of sp³-hybridized carbons (Fsp3) is 0.400. The van der Waals surface area contributed by atoms with Crippen LogP contribution in [0.3, 0.4) is 0 Å². The lowest BCUT2D eigenvalue weighted by Gasteiger charge is -2.38. The molecule has 1 saturated heterocycles. The normalized spacial score (nSPS) is 16.2. The van der Waals surface area contributed by atoms with Crippen LogP contribution in [0.15, 0.2) is 41.0 Å². The van der Waals surface area contributed by atoms with Gasteiger partial charge in [-0.3, -0.25) is 9.59 Å². The number of carboxylic acids is 1. The highest BCUT2D eigenvalue weighted by Gasteiger charge is 2.35. The lowest BCUT2D eigenvalue weighted by Crippen LogP contribution is -2.44. The molecule has 0 atom stereocenters. The molecule has 1 fully saturated rings. The third kappa shape index (κ3) is 3.80. The highest BCUT2D eigenvalue weighted by molar-refractivity contribution is 5.97. The molecule has 26 heavy (non-hydrogen) atoms. The Labute approximate surface area is 152 Å². The van der Waals surface area contributed by atoms with E-state index in [2.05, 4.69) is 17.4 Å². The fourth-order valence-electron chi connectivity index (χ4n) is 3.53. The summed E-state index contributed by atoms with van der Waals surface area (Å²) in [6, 6.07) is 10.1. The largest absolute Gasteiger partial charge is 0.481 e. The van der Waals surface area contributed by atoms with Crippen molar-refractivity contribution in [3.05, 3.63) is 59.0 Å². The third-order valence-corrected chi connectivity index (χ3v) is 5.01. The van der Waals surface area contributed by atoms with Gasteiger partial charge < -0.3 is 19.6 Å². The summed E-state index contributed by atoms with van der Waals surface area (Å²) in [5.74, 6) is -1.14. The molecule has 2 heterocycles. The molecule has 138 valence electrons. The Morgan fingerprint density at radius 1 is 1.19 bits per heavy atom. The van der Waals surface area contributed by atoms with Gasteiger partial charge in [0.2, 0.25) is 0 Å². The summed E-state index contributed by atoms with van der Waals surface area (Å²) < 4.78 is 10.8. The van der Waals surface area contributed by atoms with Gasteiger partial charge in [0.05, 0.1) is 11.8 Å². The number of amides is 1. The van der Waals surface area contributed by atoms with E-state index in [4.69, 9.17) is 14.3 Å². The van der Waals surface area contributed by atoms with Crippen molar-refractivity contribution in [1.82, 2.24) is 5.32 Å². The number of hydrogen-bond acceptors (Lipinski definition) is 4. The minimum absolute atomic E-state index is 0.181. The second kappa shape index (κ2) is 7.74. The summed E-state index contributed by atoms with van der Waals surface area (Å²) in [6.45, 7) is 3.51. The number of aryl methyl sites for hydroxylation is 1. The van der Waals surface area contributed by atoms with Crippen molar-refractivity contribution < 1.29 is 23.8 Å². The molecular weight excluding hydrogens is 334 g/mol. The van der Waals surface area contributed by atoms with E-state index >= 15 is 0 Å². The van der Waals surface area contributed by atoms with Crippen LogP contribution in [0.5, 0.6) is 0 Å². The molecule has 0 bridgehead atoms. The zero-order chi connectivity index (χ0) is 18.6. The minimum atomic E-state index is -1.03. The number of nitrogens with one attached hydrogen (secondary N) is 1. The number of ether oxygens (including phenoxy) is 1. The minimum Gasteiger partial charge on any atom is -0.481 e. The molecule has 0 radical (unpaired) electrons. The first-order chi connectivity index (χ1) is 12.5. The van der Waals surface area contributed by atoms with Crippen LogP contribution < -0.4 is 5.32 Å². The molecule has 0 unspecified atom stereocenters. The summed E-state index contributed by atoms with van der Waals surface area (Å²) in [5.41, 5.74) is 1.96. The average molecular weight is 357 g/mol. The van der Waals surface area contributed by atoms with Crippen LogP contribution >= 0.6 is 0 Å². The van der Waals surface area contributed by atoms with Crippen LogP contribution in [0.1, 0.15) is 40.1 Å². The fourth-order valence-corrected chi connectivity index (χ4v) is 3.53. The van der Waals surface area contributed by atoms with Crippen molar-refractivity contribution >= 4 is 11.9 Å². The van der Waals surface area contributed by atoms with E-state index < -0.39 is 5.97 Å². The maximum atomic E-state index is 12.7. The van der Waals surface area contributed by atoms with E-state index in [9.17, 15) is 9.59 Å². The second-order valence-electron chi connectivity index (χ2n) is 6.73. The van der Waals surface area contributed by atoms with E-state index in [0.29, 0.717) is 30.9 Å². The number of aliphatic carboxylic acids is 1. The highest BCUT2D eigenvalue weighted by atomic mass is 16.5. The van der Waals surface area contributed by atoms with Crippen molar-refractivity contribution in [3.8, 4) is 0 Å². The smallest absolute Gasteiger partial charge is 0.311 e. The zero-order valence-corrected chi connectivity index (χ0v) is 14.8. The lowest BCUT2D eigenvalue weighted by atomic mass is 9.74. The first kappa shape index (κ1) is 18.2. The van der Waals surface area contributed by atoms with Crippen LogP contribution in [0.25, 0.3) is 0 Å². The van der Waals surface area contributed by atoms with E-state index in [-0.39, 0.29) is 23.5 Å². The number of carboxylic acid groups (broad SMARTS) is 1. The summed E-state index contributed by atoms with van der Waals surface area (Å²) in [4.78, 5) is 23.7. The summed E-state index contributed by atoms with van der Waals surface area (Å²) >= 11 is 0. The third-order valence-electron chi connectivity index (χ3n) is 5.01. The molecule has 1 aliphatic rings. The van der Waals surface area contributed by atoms with Crippen LogP contribution in [0.2, 0.25) is 0 Å². The van der Waals surface area contributed by atoms with Crippen molar-refractivity contribution in [2.24, 2.45) is 0 Å². The molecule has 6 heteroatoms. The average Bonchev–Trinajstić information content (AvgIpc) is 3.01. The van der Waals surface area contributed by atoms with Gasteiger partial charge in [-0.15, -0.1) is 0 Å². The topological polar surface area (TPSA) is 88.8 Å². The van der Waals surface area contributed by atoms with Crippen LogP contribution in [0.4, 0.5) is 0 Å². The molecule has 1 aromatic heterocycles. The molecule has 0 saturated carbocycles. The predicted molar refractivity (Wildman–Crippen MR) is 95.3 cm³/mol. The van der Waals surface area contributed by atoms with Crippen molar-refractivity contribution in [1.29, 1.82) is 0 Å². The monoisotopic (exact) mass is 357 g/mol. The van der Waals surface area contributed by atoms with E-state index in [1.807, 2.05) is 18.2 Å². The maximum absolute atomic E-state index is 12.7.